The zero-order valence-corrected chi connectivity index (χ0v) is 12.8. The molecule has 1 aliphatic heterocycles. The molecule has 2 rings (SSSR count). The van der Waals surface area contributed by atoms with E-state index in [-0.39, 0.29) is 0 Å². The van der Waals surface area contributed by atoms with E-state index in [0.717, 1.165) is 18.8 Å². The summed E-state index contributed by atoms with van der Waals surface area (Å²) in [6.45, 7) is 11.7. The van der Waals surface area contributed by atoms with Crippen molar-refractivity contribution >= 4 is 0 Å². The zero-order valence-electron chi connectivity index (χ0n) is 12.8. The highest BCUT2D eigenvalue weighted by molar-refractivity contribution is 5.35. The van der Waals surface area contributed by atoms with Crippen molar-refractivity contribution in [3.05, 3.63) is 29.3 Å². The van der Waals surface area contributed by atoms with Crippen LogP contribution in [0.2, 0.25) is 0 Å². The molecule has 1 fully saturated rings. The molecule has 0 amide bonds. The third kappa shape index (κ3) is 3.97. The zero-order chi connectivity index (χ0) is 14.0. The summed E-state index contributed by atoms with van der Waals surface area (Å²) >= 11 is 0. The second kappa shape index (κ2) is 5.96. The van der Waals surface area contributed by atoms with Crippen molar-refractivity contribution in [3.63, 3.8) is 0 Å². The maximum Gasteiger partial charge on any atom is 0.119 e. The lowest BCUT2D eigenvalue weighted by atomic mass is 9.94. The molecular formula is C17H26O2. The Bertz CT molecular complexity index is 425. The molecule has 0 aromatic heterocycles. The fraction of sp³-hybridized carbons (Fsp3) is 0.647. The normalized spacial score (nSPS) is 23.5. The third-order valence-corrected chi connectivity index (χ3v) is 3.76. The summed E-state index contributed by atoms with van der Waals surface area (Å²) in [5.74, 6) is 2.14. The van der Waals surface area contributed by atoms with Gasteiger partial charge in [-0.2, -0.15) is 0 Å². The number of rotatable bonds is 6. The van der Waals surface area contributed by atoms with E-state index in [2.05, 4.69) is 52.8 Å². The minimum atomic E-state index is 0.448. The van der Waals surface area contributed by atoms with Crippen LogP contribution < -0.4 is 4.74 Å². The second-order valence-corrected chi connectivity index (χ2v) is 6.28. The lowest BCUT2D eigenvalue weighted by Crippen LogP contribution is -2.10. The van der Waals surface area contributed by atoms with Crippen LogP contribution >= 0.6 is 0 Å². The molecule has 0 N–H and O–H groups in total. The SMILES string of the molecule is Cc1cc(OCC(C)C)ccc1CC(C)C1OC1C. The van der Waals surface area contributed by atoms with Gasteiger partial charge in [0.15, 0.2) is 0 Å². The smallest absolute Gasteiger partial charge is 0.119 e. The standard InChI is InChI=1S/C17H26O2/c1-11(2)10-18-16-7-6-15(12(3)9-16)8-13(4)17-14(5)19-17/h6-7,9,11,13-14,17H,8,10H2,1-5H3. The first kappa shape index (κ1) is 14.4. The van der Waals surface area contributed by atoms with Crippen LogP contribution in [0.5, 0.6) is 5.75 Å². The number of aryl methyl sites for hydroxylation is 1. The predicted molar refractivity (Wildman–Crippen MR) is 78.7 cm³/mol. The average Bonchev–Trinajstić information content (AvgIpc) is 3.07. The van der Waals surface area contributed by atoms with Gasteiger partial charge >= 0.3 is 0 Å². The molecular weight excluding hydrogens is 236 g/mol. The van der Waals surface area contributed by atoms with E-state index in [1.807, 2.05) is 0 Å². The van der Waals surface area contributed by atoms with E-state index < -0.39 is 0 Å². The van der Waals surface area contributed by atoms with Crippen LogP contribution in [-0.4, -0.2) is 18.8 Å². The molecule has 3 atom stereocenters. The van der Waals surface area contributed by atoms with Gasteiger partial charge in [0, 0.05) is 0 Å². The van der Waals surface area contributed by atoms with E-state index in [1.54, 1.807) is 0 Å². The number of benzene rings is 1. The van der Waals surface area contributed by atoms with Gasteiger partial charge in [-0.25, -0.2) is 0 Å². The van der Waals surface area contributed by atoms with Crippen molar-refractivity contribution in [2.24, 2.45) is 11.8 Å². The molecule has 1 aromatic rings. The Labute approximate surface area is 117 Å². The van der Waals surface area contributed by atoms with Gasteiger partial charge in [-0.15, -0.1) is 0 Å². The van der Waals surface area contributed by atoms with Crippen LogP contribution in [0.25, 0.3) is 0 Å². The van der Waals surface area contributed by atoms with Gasteiger partial charge in [0.25, 0.3) is 0 Å². The Hall–Kier alpha value is -1.02. The number of hydrogen-bond acceptors (Lipinski definition) is 2. The summed E-state index contributed by atoms with van der Waals surface area (Å²) in [5, 5.41) is 0. The first-order valence-corrected chi connectivity index (χ1v) is 7.35. The lowest BCUT2D eigenvalue weighted by Gasteiger charge is -2.14. The molecule has 106 valence electrons. The van der Waals surface area contributed by atoms with Crippen LogP contribution in [0.15, 0.2) is 18.2 Å². The largest absolute Gasteiger partial charge is 0.493 e. The van der Waals surface area contributed by atoms with E-state index in [1.165, 1.54) is 11.1 Å². The quantitative estimate of drug-likeness (QED) is 0.723. The van der Waals surface area contributed by atoms with Gasteiger partial charge in [-0.3, -0.25) is 0 Å². The predicted octanol–water partition coefficient (Wildman–Crippen LogP) is 4.00. The summed E-state index contributed by atoms with van der Waals surface area (Å²) in [5.41, 5.74) is 2.73. The minimum Gasteiger partial charge on any atom is -0.493 e. The van der Waals surface area contributed by atoms with Crippen LogP contribution in [-0.2, 0) is 11.2 Å². The second-order valence-electron chi connectivity index (χ2n) is 6.28. The molecule has 19 heavy (non-hydrogen) atoms. The van der Waals surface area contributed by atoms with Gasteiger partial charge in [0.1, 0.15) is 5.75 Å². The Balaban J connectivity index is 1.94. The van der Waals surface area contributed by atoms with Crippen LogP contribution in [0.1, 0.15) is 38.8 Å². The molecule has 1 heterocycles. The van der Waals surface area contributed by atoms with E-state index in [0.29, 0.717) is 24.0 Å². The maximum absolute atomic E-state index is 5.76. The van der Waals surface area contributed by atoms with E-state index in [9.17, 15) is 0 Å². The van der Waals surface area contributed by atoms with Crippen molar-refractivity contribution in [2.75, 3.05) is 6.61 Å². The molecule has 0 saturated carbocycles. The van der Waals surface area contributed by atoms with E-state index >= 15 is 0 Å². The summed E-state index contributed by atoms with van der Waals surface area (Å²) in [6, 6.07) is 6.45. The molecule has 2 nitrogen and oxygen atoms in total. The summed E-state index contributed by atoms with van der Waals surface area (Å²) in [6.07, 6.45) is 1.99. The summed E-state index contributed by atoms with van der Waals surface area (Å²) in [7, 11) is 0. The molecule has 2 heteroatoms. The van der Waals surface area contributed by atoms with E-state index in [4.69, 9.17) is 9.47 Å². The molecule has 1 saturated heterocycles. The Morgan fingerprint density at radius 2 is 1.95 bits per heavy atom. The van der Waals surface area contributed by atoms with Crippen molar-refractivity contribution in [3.8, 4) is 5.75 Å². The highest BCUT2D eigenvalue weighted by Gasteiger charge is 2.38. The fourth-order valence-corrected chi connectivity index (χ4v) is 2.51. The fourth-order valence-electron chi connectivity index (χ4n) is 2.51. The highest BCUT2D eigenvalue weighted by atomic mass is 16.6. The number of epoxide rings is 1. The number of hydrogen-bond donors (Lipinski definition) is 0. The highest BCUT2D eigenvalue weighted by Crippen LogP contribution is 2.32. The van der Waals surface area contributed by atoms with Gasteiger partial charge in [0.05, 0.1) is 18.8 Å². The van der Waals surface area contributed by atoms with Crippen molar-refractivity contribution in [1.29, 1.82) is 0 Å². The van der Waals surface area contributed by atoms with Gasteiger partial charge < -0.3 is 9.47 Å². The molecule has 1 aliphatic rings. The van der Waals surface area contributed by atoms with Gasteiger partial charge in [0.2, 0.25) is 0 Å². The molecule has 0 radical (unpaired) electrons. The van der Waals surface area contributed by atoms with Crippen LogP contribution in [0.3, 0.4) is 0 Å². The maximum atomic E-state index is 5.76. The molecule has 1 aromatic carbocycles. The number of ether oxygens (including phenoxy) is 2. The monoisotopic (exact) mass is 262 g/mol. The molecule has 3 unspecified atom stereocenters. The minimum absolute atomic E-state index is 0.448. The molecule has 0 aliphatic carbocycles. The van der Waals surface area contributed by atoms with Crippen molar-refractivity contribution in [2.45, 2.75) is 53.2 Å². The Morgan fingerprint density at radius 3 is 2.47 bits per heavy atom. The first-order chi connectivity index (χ1) is 8.97. The summed E-state index contributed by atoms with van der Waals surface area (Å²) < 4.78 is 11.3. The van der Waals surface area contributed by atoms with Gasteiger partial charge in [-0.1, -0.05) is 26.8 Å². The summed E-state index contributed by atoms with van der Waals surface area (Å²) in [4.78, 5) is 0. The van der Waals surface area contributed by atoms with Crippen LogP contribution in [0.4, 0.5) is 0 Å². The first-order valence-electron chi connectivity index (χ1n) is 7.35. The van der Waals surface area contributed by atoms with Crippen LogP contribution in [0, 0.1) is 18.8 Å². The Kier molecular flexibility index (Phi) is 4.51. The van der Waals surface area contributed by atoms with Crippen molar-refractivity contribution < 1.29 is 9.47 Å². The lowest BCUT2D eigenvalue weighted by molar-refractivity contribution is 0.271. The third-order valence-electron chi connectivity index (χ3n) is 3.76. The average molecular weight is 262 g/mol. The topological polar surface area (TPSA) is 21.8 Å². The Morgan fingerprint density at radius 1 is 1.26 bits per heavy atom. The van der Waals surface area contributed by atoms with Gasteiger partial charge in [-0.05, 0) is 55.4 Å². The molecule has 0 bridgehead atoms. The molecule has 0 spiro atoms. The van der Waals surface area contributed by atoms with Crippen molar-refractivity contribution in [1.82, 2.24) is 0 Å².